The van der Waals surface area contributed by atoms with Gasteiger partial charge in [0.25, 0.3) is 0 Å². The van der Waals surface area contributed by atoms with Crippen molar-refractivity contribution < 1.29 is 17.7 Å². The van der Waals surface area contributed by atoms with Crippen molar-refractivity contribution in [3.63, 3.8) is 0 Å². The zero-order valence-corrected chi connectivity index (χ0v) is 16.7. The first kappa shape index (κ1) is 20.9. The lowest BCUT2D eigenvalue weighted by Gasteiger charge is -2.09. The van der Waals surface area contributed by atoms with Crippen LogP contribution in [0.15, 0.2) is 64.4 Å². The minimum Gasteiger partial charge on any atom is -0.353 e. The van der Waals surface area contributed by atoms with Crippen molar-refractivity contribution in [2.75, 3.05) is 11.2 Å². The fourth-order valence-corrected chi connectivity index (χ4v) is 3.09. The van der Waals surface area contributed by atoms with Gasteiger partial charge in [0.15, 0.2) is 16.9 Å². The highest BCUT2D eigenvalue weighted by molar-refractivity contribution is 5.94. The lowest BCUT2D eigenvalue weighted by molar-refractivity contribution is -0.137. The third kappa shape index (κ3) is 4.09. The van der Waals surface area contributed by atoms with E-state index in [-0.39, 0.29) is 11.5 Å². The molecule has 4 rings (SSSR count). The molecule has 0 aliphatic carbocycles. The van der Waals surface area contributed by atoms with Gasteiger partial charge in [-0.25, -0.2) is 4.68 Å². The van der Waals surface area contributed by atoms with E-state index in [1.807, 2.05) is 13.0 Å². The van der Waals surface area contributed by atoms with Crippen LogP contribution in [0, 0.1) is 18.8 Å². The van der Waals surface area contributed by atoms with Crippen molar-refractivity contribution in [1.82, 2.24) is 9.83 Å². The van der Waals surface area contributed by atoms with Gasteiger partial charge in [0.1, 0.15) is 0 Å². The Morgan fingerprint density at radius 1 is 1.12 bits per heavy atom. The summed E-state index contributed by atoms with van der Waals surface area (Å²) < 4.78 is 45.7. The molecule has 0 spiro atoms. The monoisotopic (exact) mass is 438 g/mol. The maximum absolute atomic E-state index is 13.0. The number of alkyl halides is 3. The number of rotatable bonds is 2. The highest BCUT2D eigenvalue weighted by atomic mass is 19.4. The normalized spacial score (nSPS) is 11.9. The molecule has 0 unspecified atom stereocenters. The highest BCUT2D eigenvalue weighted by Gasteiger charge is 2.30. The molecule has 0 amide bonds. The predicted octanol–water partition coefficient (Wildman–Crippen LogP) is 3.59. The van der Waals surface area contributed by atoms with Crippen molar-refractivity contribution in [3.05, 3.63) is 82.5 Å². The summed E-state index contributed by atoms with van der Waals surface area (Å²) in [5.74, 6) is 17.4. The van der Waals surface area contributed by atoms with Gasteiger partial charge in [-0.05, 0) is 48.9 Å². The Kier molecular flexibility index (Phi) is 5.24. The third-order valence-electron chi connectivity index (χ3n) is 4.72. The molecule has 0 fully saturated rings. The molecule has 7 nitrogen and oxygen atoms in total. The van der Waals surface area contributed by atoms with E-state index in [9.17, 15) is 13.2 Å². The van der Waals surface area contributed by atoms with E-state index in [0.29, 0.717) is 27.6 Å². The number of nitrogen functional groups attached to an aromatic ring is 1. The predicted molar refractivity (Wildman–Crippen MR) is 114 cm³/mol. The van der Waals surface area contributed by atoms with Gasteiger partial charge >= 0.3 is 6.18 Å². The first-order chi connectivity index (χ1) is 15.3. The van der Waals surface area contributed by atoms with E-state index in [1.54, 1.807) is 24.4 Å². The second-order valence-corrected chi connectivity index (χ2v) is 6.93. The van der Waals surface area contributed by atoms with Crippen molar-refractivity contribution in [1.29, 1.82) is 0 Å². The lowest BCUT2D eigenvalue weighted by atomic mass is 10.1. The molecule has 10 heteroatoms. The first-order valence-electron chi connectivity index (χ1n) is 9.33. The summed E-state index contributed by atoms with van der Waals surface area (Å²) in [7, 11) is 0. The van der Waals surface area contributed by atoms with Crippen LogP contribution in [-0.2, 0) is 6.18 Å². The van der Waals surface area contributed by atoms with E-state index in [0.717, 1.165) is 17.7 Å². The first-order valence-corrected chi connectivity index (χ1v) is 9.33. The summed E-state index contributed by atoms with van der Waals surface area (Å²) in [5.41, 5.74) is 2.35. The van der Waals surface area contributed by atoms with Gasteiger partial charge in [0.2, 0.25) is 0 Å². The van der Waals surface area contributed by atoms with Crippen molar-refractivity contribution in [3.8, 4) is 11.8 Å². The van der Waals surface area contributed by atoms with E-state index in [1.165, 1.54) is 16.8 Å². The molecule has 0 saturated carbocycles. The summed E-state index contributed by atoms with van der Waals surface area (Å²) in [4.78, 5) is 0. The van der Waals surface area contributed by atoms with E-state index < -0.39 is 11.7 Å². The molecule has 0 radical (unpaired) electrons. The largest absolute Gasteiger partial charge is 0.416 e. The Balaban J connectivity index is 1.71. The number of nitrogens with two attached hydrogens (primary N) is 2. The standard InChI is InChI=1S/C22H17F3N6O/c1-13-5-8-18-20(17(13)9-6-14-7-10-19(29-26)31(27)12-14)32-30-21(18)28-16-4-2-3-15(11-16)22(23,24)25/h2-5,7-8,10-12H,26-27H2,1H3,(H,28,30)/b29-19-. The van der Waals surface area contributed by atoms with Crippen LogP contribution in [0.25, 0.3) is 11.0 Å². The van der Waals surface area contributed by atoms with Crippen LogP contribution in [0.1, 0.15) is 22.3 Å². The smallest absolute Gasteiger partial charge is 0.353 e. The quantitative estimate of drug-likeness (QED) is 0.252. The summed E-state index contributed by atoms with van der Waals surface area (Å²) >= 11 is 0. The number of aryl methyl sites for hydroxylation is 1. The van der Waals surface area contributed by atoms with Crippen molar-refractivity contribution in [2.45, 2.75) is 13.1 Å². The van der Waals surface area contributed by atoms with E-state index >= 15 is 0 Å². The van der Waals surface area contributed by atoms with Gasteiger partial charge in [0, 0.05) is 17.4 Å². The topological polar surface area (TPSA) is 107 Å². The third-order valence-corrected chi connectivity index (χ3v) is 4.72. The molecule has 0 aliphatic heterocycles. The van der Waals surface area contributed by atoms with Crippen LogP contribution in [0.5, 0.6) is 0 Å². The summed E-state index contributed by atoms with van der Waals surface area (Å²) in [6.07, 6.45) is -2.86. The Morgan fingerprint density at radius 3 is 2.66 bits per heavy atom. The number of nitrogens with one attached hydrogen (secondary N) is 1. The molecule has 162 valence electrons. The molecule has 2 heterocycles. The minimum absolute atomic E-state index is 0.237. The highest BCUT2D eigenvalue weighted by Crippen LogP contribution is 2.33. The lowest BCUT2D eigenvalue weighted by Crippen LogP contribution is -2.28. The Morgan fingerprint density at radius 2 is 1.94 bits per heavy atom. The maximum atomic E-state index is 13.0. The molecule has 4 aromatic rings. The zero-order valence-electron chi connectivity index (χ0n) is 16.7. The van der Waals surface area contributed by atoms with Crippen LogP contribution >= 0.6 is 0 Å². The Bertz CT molecular complexity index is 1440. The fraction of sp³-hybridized carbons (Fsp3) is 0.0909. The van der Waals surface area contributed by atoms with E-state index in [2.05, 4.69) is 27.4 Å². The zero-order chi connectivity index (χ0) is 22.9. The second kappa shape index (κ2) is 8.03. The number of anilines is 2. The average molecular weight is 438 g/mol. The molecule has 0 bridgehead atoms. The van der Waals surface area contributed by atoms with Crippen LogP contribution in [0.4, 0.5) is 24.7 Å². The molecule has 0 aliphatic rings. The number of hydrogen-bond donors (Lipinski definition) is 3. The van der Waals surface area contributed by atoms with Gasteiger partial charge in [-0.1, -0.05) is 29.1 Å². The fourth-order valence-electron chi connectivity index (χ4n) is 3.09. The Labute approximate surface area is 180 Å². The van der Waals surface area contributed by atoms with Crippen LogP contribution in [0.3, 0.4) is 0 Å². The van der Waals surface area contributed by atoms with Crippen LogP contribution < -0.4 is 22.5 Å². The number of hydrogen-bond acceptors (Lipinski definition) is 6. The number of aromatic nitrogens is 2. The van der Waals surface area contributed by atoms with Crippen LogP contribution in [0.2, 0.25) is 0 Å². The molecule has 0 atom stereocenters. The molecule has 2 aromatic heterocycles. The van der Waals surface area contributed by atoms with Crippen molar-refractivity contribution >= 4 is 22.5 Å². The number of fused-ring (bicyclic) bond motifs is 1. The summed E-state index contributed by atoms with van der Waals surface area (Å²) in [5, 5.41) is 11.0. The van der Waals surface area contributed by atoms with E-state index in [4.69, 9.17) is 16.2 Å². The number of pyridine rings is 1. The second-order valence-electron chi connectivity index (χ2n) is 6.93. The average Bonchev–Trinajstić information content (AvgIpc) is 3.15. The van der Waals surface area contributed by atoms with Crippen LogP contribution in [-0.4, -0.2) is 9.83 Å². The maximum Gasteiger partial charge on any atom is 0.416 e. The number of halogens is 3. The minimum atomic E-state index is -4.44. The van der Waals surface area contributed by atoms with Gasteiger partial charge in [0.05, 0.1) is 16.5 Å². The summed E-state index contributed by atoms with van der Waals surface area (Å²) in [6, 6.07) is 11.8. The summed E-state index contributed by atoms with van der Waals surface area (Å²) in [6.45, 7) is 1.87. The Hall–Kier alpha value is -4.39. The van der Waals surface area contributed by atoms with Crippen molar-refractivity contribution in [2.24, 2.45) is 10.9 Å². The molecular formula is C22H17F3N6O. The molecule has 32 heavy (non-hydrogen) atoms. The van der Waals surface area contributed by atoms with Gasteiger partial charge < -0.3 is 21.5 Å². The SMILES string of the molecule is Cc1ccc2c(Nc3cccc(C(F)(F)F)c3)noc2c1C#Cc1cc/c(=N/N)n(N)c1. The van der Waals surface area contributed by atoms with Gasteiger partial charge in [-0.3, -0.25) is 0 Å². The number of benzene rings is 2. The number of nitrogens with zero attached hydrogens (tertiary/aromatic N) is 3. The molecule has 0 saturated heterocycles. The van der Waals surface area contributed by atoms with Gasteiger partial charge in [-0.15, -0.1) is 0 Å². The molecular weight excluding hydrogens is 421 g/mol. The van der Waals surface area contributed by atoms with Gasteiger partial charge in [-0.2, -0.15) is 18.3 Å². The molecule has 2 aromatic carbocycles. The molecule has 5 N–H and O–H groups in total.